The average molecular weight is 1980 g/mol. The van der Waals surface area contributed by atoms with Gasteiger partial charge in [-0.3, -0.25) is 28.8 Å². The summed E-state index contributed by atoms with van der Waals surface area (Å²) < 4.78 is 142. The number of aliphatic hydroxyl groups excluding tert-OH is 6. The molecule has 3 aliphatic rings. The molecule has 7 rings (SSSR count). The third kappa shape index (κ3) is 45.7. The Hall–Kier alpha value is -8.65. The van der Waals surface area contributed by atoms with E-state index in [-0.39, 0.29) is 319 Å². The van der Waals surface area contributed by atoms with Crippen molar-refractivity contribution in [1.82, 2.24) is 46.6 Å². The summed E-state index contributed by atoms with van der Waals surface area (Å²) in [7, 11) is 0. The number of carbonyl (C=O) groups excluding carboxylic acids is 7. The number of aliphatic hydroxyl groups is 6. The highest BCUT2D eigenvalue weighted by Crippen LogP contribution is 2.33. The minimum absolute atomic E-state index is 0.0388. The number of phenols is 1. The van der Waals surface area contributed by atoms with E-state index in [4.69, 9.17) is 109 Å². The van der Waals surface area contributed by atoms with Gasteiger partial charge in [0.25, 0.3) is 0 Å². The van der Waals surface area contributed by atoms with Gasteiger partial charge in [-0.05, 0) is 49.7 Å². The minimum Gasteiger partial charge on any atom is -0.505 e. The maximum Gasteiger partial charge on any atom is 0.222 e. The number of halogens is 1. The van der Waals surface area contributed by atoms with E-state index in [0.717, 1.165) is 11.5 Å². The van der Waals surface area contributed by atoms with E-state index in [2.05, 4.69) is 56.6 Å². The van der Waals surface area contributed by atoms with Gasteiger partial charge in [0.1, 0.15) is 83.9 Å². The van der Waals surface area contributed by atoms with Crippen molar-refractivity contribution in [3.8, 4) is 28.6 Å². The normalized spacial score (nSPS) is 21.5. The second-order valence-corrected chi connectivity index (χ2v) is 32.6. The van der Waals surface area contributed by atoms with Crippen LogP contribution in [-0.2, 0) is 133 Å². The fraction of sp³-hybridized carbons (Fsp3) is 0.677. The Morgan fingerprint density at radius 3 is 1.27 bits per heavy atom. The minimum atomic E-state index is -1.38. The van der Waals surface area contributed by atoms with E-state index < -0.39 is 121 Å². The number of rotatable bonds is 79. The van der Waals surface area contributed by atoms with Crippen molar-refractivity contribution in [2.45, 2.75) is 152 Å². The summed E-state index contributed by atoms with van der Waals surface area (Å²) in [5.41, 5.74) is 0.653. The molecule has 0 spiro atoms. The van der Waals surface area contributed by atoms with Gasteiger partial charge in [-0.15, -0.1) is 24.8 Å². The average Bonchev–Trinajstić information content (AvgIpc) is 1.78. The van der Waals surface area contributed by atoms with Gasteiger partial charge in [0, 0.05) is 94.8 Å². The third-order valence-electron chi connectivity index (χ3n) is 21.2. The van der Waals surface area contributed by atoms with Gasteiger partial charge in [-0.1, -0.05) is 29.5 Å². The van der Waals surface area contributed by atoms with E-state index >= 15 is 0 Å². The number of phenolic OH excluding ortho intramolecular Hbond substituents is 1. The van der Waals surface area contributed by atoms with Crippen LogP contribution in [0, 0.1) is 17.2 Å². The van der Waals surface area contributed by atoms with Gasteiger partial charge in [0.2, 0.25) is 29.5 Å². The summed E-state index contributed by atoms with van der Waals surface area (Å²) in [5.74, 6) is -3.90. The maximum absolute atomic E-state index is 14.3. The summed E-state index contributed by atoms with van der Waals surface area (Å²) >= 11 is 0. The number of benzene rings is 2. The first-order valence-electron chi connectivity index (χ1n) is 46.5. The predicted octanol–water partition coefficient (Wildman–Crippen LogP) is -0.248. The topological polar surface area (TPSA) is 568 Å². The third-order valence-corrected chi connectivity index (χ3v) is 21.2. The molecular weight excluding hydrogens is 1840 g/mol. The number of Topliss-reactive ketones (excluding diaryl/α,β-unsaturated/α-hetero) is 2. The summed E-state index contributed by atoms with van der Waals surface area (Å²) in [6, 6.07) is 10.7. The molecule has 3 fully saturated rings. The smallest absolute Gasteiger partial charge is 0.222 e. The first-order chi connectivity index (χ1) is 67.3. The van der Waals surface area contributed by atoms with Gasteiger partial charge in [-0.2, -0.15) is 0 Å². The zero-order valence-electron chi connectivity index (χ0n) is 79.5. The number of amides is 5. The molecule has 5 amide bonds. The van der Waals surface area contributed by atoms with Crippen molar-refractivity contribution >= 4 is 52.0 Å². The fourth-order valence-electron chi connectivity index (χ4n) is 14.2. The molecular formula is C93H142FN9O36. The van der Waals surface area contributed by atoms with Crippen LogP contribution in [-0.4, -0.2) is 427 Å². The van der Waals surface area contributed by atoms with Crippen LogP contribution in [0.2, 0.25) is 0 Å². The largest absolute Gasteiger partial charge is 0.505 e. The van der Waals surface area contributed by atoms with Crippen molar-refractivity contribution in [3.63, 3.8) is 0 Å². The lowest BCUT2D eigenvalue weighted by Crippen LogP contribution is -2.64. The Labute approximate surface area is 807 Å². The number of aromatic nitrogens is 4. The van der Waals surface area contributed by atoms with Crippen LogP contribution in [0.25, 0.3) is 28.0 Å². The number of fused-ring (bicyclic) bond motifs is 1. The number of carbonyl (C=O) groups is 7. The second kappa shape index (κ2) is 68.5. The van der Waals surface area contributed by atoms with Crippen LogP contribution in [0.1, 0.15) is 65.7 Å². The number of hydrogen-bond acceptors (Lipinski definition) is 39. The fourth-order valence-corrected chi connectivity index (χ4v) is 14.2. The second-order valence-electron chi connectivity index (χ2n) is 32.6. The Balaban J connectivity index is 0.855. The molecule has 3 saturated heterocycles. The van der Waals surface area contributed by atoms with Gasteiger partial charge >= 0.3 is 0 Å². The van der Waals surface area contributed by atoms with Crippen molar-refractivity contribution in [2.75, 3.05) is 244 Å². The molecule has 45 nitrogen and oxygen atoms in total. The first-order valence-corrected chi connectivity index (χ1v) is 46.5. The van der Waals surface area contributed by atoms with Crippen molar-refractivity contribution in [2.24, 2.45) is 11.3 Å². The van der Waals surface area contributed by atoms with Gasteiger partial charge in [-0.25, -0.2) is 14.1 Å². The zero-order valence-corrected chi connectivity index (χ0v) is 79.5. The molecule has 0 unspecified atom stereocenters. The molecule has 782 valence electrons. The Kier molecular flexibility index (Phi) is 57.8. The van der Waals surface area contributed by atoms with Crippen LogP contribution in [0.3, 0.4) is 0 Å². The lowest BCUT2D eigenvalue weighted by Gasteiger charge is -2.42. The SMILES string of the molecule is C=CCO[C@H]1O[C@H](COCCOCCOCCOCCNC(=O)CCOCC(COCCC(=O)NCCOCCOCCOCCOC[C@H]2O[C@H](OCC=C)[C@H](NC(C)=O)[C@@H](O)[C@H]2O)(COCCC(=O)NCCOCCOCCOCCOC[C@H]2O[C@H](OCC=C)[C@H](NC(C)=O)[C@@H](O)[C@H]2O)CC(=O)CCCOc2ccc3nc(-c4cn(-c5ccc(O)c(F)c5)nn4)ccc3c2)[C@H](O)[C@H](O)[C@H]1CC(C)=O. The standard InChI is InChI=1S/C93H142FN9O36/c1-7-24-134-90-70(52-63(4)104)84(112)85(113)76(137-90)57-127-49-46-124-43-40-121-37-34-118-31-21-95-79(109)18-28-130-60-93(55-68(107)11-10-27-133-69-14-16-72-66(53-69)12-15-73(100-72)74-56-103(102-101-74)67-13-17-75(108)71(94)54-67,61-131-29-19-80(110)96-22-32-119-35-38-122-41-44-125-47-50-128-58-77-86(114)88(116)82(98-64(5)105)91(138-77)135-25-8-2)62-132-30-20-81(111)97-23-33-120-36-39-123-42-45-126-48-51-129-59-78-87(115)89(117)83(99-65(6)106)92(139-78)136-26-9-3/h7-9,12-17,53-54,56,70,76-78,82-92,108,112-117H,1-3,10-11,18-52,55,57-62H2,4-6H3,(H,95,109)(H,96,110)(H,97,111)(H,98,105)(H,99,106)/t70-,76-,77-,78-,82-,83-,84-,85+,86+,87+,88-,89-,90+,91+,92+/m1/s1. The number of pyridine rings is 1. The maximum atomic E-state index is 14.3. The van der Waals surface area contributed by atoms with E-state index in [0.29, 0.717) is 28.3 Å². The summed E-state index contributed by atoms with van der Waals surface area (Å²) in [4.78, 5) is 93.9. The Morgan fingerprint density at radius 1 is 0.453 bits per heavy atom. The van der Waals surface area contributed by atoms with Crippen LogP contribution in [0.15, 0.2) is 92.7 Å². The summed E-state index contributed by atoms with van der Waals surface area (Å²) in [6.45, 7) is 19.0. The molecule has 0 saturated carbocycles. The van der Waals surface area contributed by atoms with E-state index in [1.165, 1.54) is 55.8 Å². The molecule has 0 radical (unpaired) electrons. The summed E-state index contributed by atoms with van der Waals surface area (Å²) in [6.07, 6.45) is -7.99. The van der Waals surface area contributed by atoms with Crippen LogP contribution in [0.5, 0.6) is 11.5 Å². The zero-order chi connectivity index (χ0) is 100. The highest BCUT2D eigenvalue weighted by molar-refractivity contribution is 5.83. The molecule has 4 aromatic rings. The van der Waals surface area contributed by atoms with Crippen molar-refractivity contribution in [1.29, 1.82) is 0 Å². The number of hydrogen-bond donors (Lipinski definition) is 12. The van der Waals surface area contributed by atoms with Crippen LogP contribution < -0.4 is 31.3 Å². The Bertz CT molecular complexity index is 3950. The van der Waals surface area contributed by atoms with Gasteiger partial charge in [0.15, 0.2) is 30.4 Å². The van der Waals surface area contributed by atoms with E-state index in [9.17, 15) is 73.7 Å². The molecule has 0 bridgehead atoms. The first kappa shape index (κ1) is 117. The van der Waals surface area contributed by atoms with Crippen molar-refractivity contribution in [3.05, 3.63) is 98.5 Å². The van der Waals surface area contributed by atoms with Crippen molar-refractivity contribution < 1.29 is 178 Å². The quantitative estimate of drug-likeness (QED) is 0.0200. The number of aromatic hydroxyl groups is 1. The number of ketones is 2. The monoisotopic (exact) mass is 1980 g/mol. The molecule has 3 aliphatic heterocycles. The number of ether oxygens (including phenoxy) is 22. The van der Waals surface area contributed by atoms with Gasteiger partial charge in [0.05, 0.1) is 254 Å². The molecule has 5 heterocycles. The molecule has 12 N–H and O–H groups in total. The summed E-state index contributed by atoms with van der Waals surface area (Å²) in [5, 5.41) is 96.4. The molecule has 0 aliphatic carbocycles. The highest BCUT2D eigenvalue weighted by atomic mass is 19.1. The predicted molar refractivity (Wildman–Crippen MR) is 490 cm³/mol. The Morgan fingerprint density at radius 2 is 0.856 bits per heavy atom. The molecule has 46 heteroatoms. The van der Waals surface area contributed by atoms with E-state index in [1.54, 1.807) is 30.5 Å². The van der Waals surface area contributed by atoms with E-state index in [1.807, 2.05) is 6.07 Å². The molecule has 2 aromatic carbocycles. The number of nitrogens with one attached hydrogen (secondary N) is 5. The highest BCUT2D eigenvalue weighted by Gasteiger charge is 2.49. The lowest BCUT2D eigenvalue weighted by molar-refractivity contribution is -0.285. The molecule has 2 aromatic heterocycles. The lowest BCUT2D eigenvalue weighted by atomic mass is 9.84. The molecule has 15 atom stereocenters. The number of nitrogens with zero attached hydrogens (tertiary/aromatic N) is 4. The van der Waals surface area contributed by atoms with Gasteiger partial charge < -0.3 is 171 Å². The van der Waals surface area contributed by atoms with Crippen LogP contribution in [0.4, 0.5) is 4.39 Å². The van der Waals surface area contributed by atoms with Crippen LogP contribution >= 0.6 is 0 Å². The molecule has 139 heavy (non-hydrogen) atoms.